The van der Waals surface area contributed by atoms with Crippen molar-refractivity contribution >= 4 is 39.9 Å². The van der Waals surface area contributed by atoms with Crippen LogP contribution >= 0.6 is 23.2 Å². The number of halogens is 2. The van der Waals surface area contributed by atoms with Crippen molar-refractivity contribution in [3.8, 4) is 0 Å². The Balaban J connectivity index is 2.07. The summed E-state index contributed by atoms with van der Waals surface area (Å²) >= 11 is 11.5. The summed E-state index contributed by atoms with van der Waals surface area (Å²) in [5, 5.41) is 4.70. The molecule has 0 aliphatic rings. The maximum atomic E-state index is 11.9. The molecule has 2 N–H and O–H groups in total. The van der Waals surface area contributed by atoms with E-state index in [1.165, 1.54) is 6.20 Å². The second kappa shape index (κ2) is 5.31. The van der Waals surface area contributed by atoms with Crippen molar-refractivity contribution in [1.29, 1.82) is 0 Å². The lowest BCUT2D eigenvalue weighted by Crippen LogP contribution is -2.24. The minimum atomic E-state index is -0.500. The van der Waals surface area contributed by atoms with Crippen LogP contribution in [-0.4, -0.2) is 19.7 Å². The van der Waals surface area contributed by atoms with Crippen LogP contribution < -0.4 is 11.3 Å². The standard InChI is InChI=1S/C13H9Cl2N5O/c14-8-5-17-20(13(21)11(8)15)6-10-18-9-4-2-1-3-7(9)12(16)19-10/h1-5H,6H2,(H2,16,18,19). The van der Waals surface area contributed by atoms with Gasteiger partial charge in [0.05, 0.1) is 16.7 Å². The van der Waals surface area contributed by atoms with E-state index >= 15 is 0 Å². The zero-order valence-electron chi connectivity index (χ0n) is 10.6. The number of rotatable bonds is 2. The largest absolute Gasteiger partial charge is 0.383 e. The fourth-order valence-electron chi connectivity index (χ4n) is 1.91. The minimum absolute atomic E-state index is 0.0603. The molecule has 2 aromatic heterocycles. The Morgan fingerprint density at radius 1 is 1.19 bits per heavy atom. The van der Waals surface area contributed by atoms with E-state index < -0.39 is 5.56 Å². The Kier molecular flexibility index (Phi) is 3.48. The maximum Gasteiger partial charge on any atom is 0.287 e. The monoisotopic (exact) mass is 321 g/mol. The highest BCUT2D eigenvalue weighted by atomic mass is 35.5. The fourth-order valence-corrected chi connectivity index (χ4v) is 2.18. The van der Waals surface area contributed by atoms with Gasteiger partial charge in [0.2, 0.25) is 0 Å². The maximum absolute atomic E-state index is 11.9. The summed E-state index contributed by atoms with van der Waals surface area (Å²) in [6, 6.07) is 7.36. The number of nitrogen functional groups attached to an aromatic ring is 1. The van der Waals surface area contributed by atoms with Crippen molar-refractivity contribution in [3.05, 3.63) is 56.7 Å². The first kappa shape index (κ1) is 13.8. The summed E-state index contributed by atoms with van der Waals surface area (Å²) in [6.07, 6.45) is 1.30. The second-order valence-corrected chi connectivity index (χ2v) is 5.10. The highest BCUT2D eigenvalue weighted by Gasteiger charge is 2.10. The molecule has 6 nitrogen and oxygen atoms in total. The van der Waals surface area contributed by atoms with Crippen LogP contribution in [0.1, 0.15) is 5.82 Å². The van der Waals surface area contributed by atoms with Gasteiger partial charge in [0.1, 0.15) is 17.4 Å². The lowest BCUT2D eigenvalue weighted by molar-refractivity contribution is 0.617. The molecule has 0 spiro atoms. The third kappa shape index (κ3) is 2.55. The van der Waals surface area contributed by atoms with E-state index in [9.17, 15) is 4.79 Å². The first-order valence-corrected chi connectivity index (χ1v) is 6.74. The first-order valence-electron chi connectivity index (χ1n) is 5.98. The number of nitrogens with zero attached hydrogens (tertiary/aromatic N) is 4. The van der Waals surface area contributed by atoms with Crippen molar-refractivity contribution in [1.82, 2.24) is 19.7 Å². The van der Waals surface area contributed by atoms with Gasteiger partial charge in [0.25, 0.3) is 5.56 Å². The predicted molar refractivity (Wildman–Crippen MR) is 81.6 cm³/mol. The van der Waals surface area contributed by atoms with E-state index in [4.69, 9.17) is 28.9 Å². The smallest absolute Gasteiger partial charge is 0.287 e. The van der Waals surface area contributed by atoms with Crippen LogP contribution in [0.5, 0.6) is 0 Å². The van der Waals surface area contributed by atoms with Gasteiger partial charge in [-0.05, 0) is 12.1 Å². The van der Waals surface area contributed by atoms with E-state index in [0.29, 0.717) is 17.2 Å². The molecule has 3 aromatic rings. The number of anilines is 1. The van der Waals surface area contributed by atoms with E-state index in [2.05, 4.69) is 15.1 Å². The number of fused-ring (bicyclic) bond motifs is 1. The SMILES string of the molecule is Nc1nc(Cn2ncc(Cl)c(Cl)c2=O)nc2ccccc12. The van der Waals surface area contributed by atoms with E-state index in [-0.39, 0.29) is 16.6 Å². The summed E-state index contributed by atoms with van der Waals surface area (Å²) < 4.78 is 1.14. The van der Waals surface area contributed by atoms with Gasteiger partial charge >= 0.3 is 0 Å². The zero-order chi connectivity index (χ0) is 15.0. The third-order valence-corrected chi connectivity index (χ3v) is 3.66. The van der Waals surface area contributed by atoms with Crippen molar-refractivity contribution in [2.45, 2.75) is 6.54 Å². The molecule has 0 aliphatic heterocycles. The third-order valence-electron chi connectivity index (χ3n) is 2.91. The van der Waals surface area contributed by atoms with Crippen molar-refractivity contribution in [2.75, 3.05) is 5.73 Å². The van der Waals surface area contributed by atoms with Crippen LogP contribution in [0.15, 0.2) is 35.3 Å². The van der Waals surface area contributed by atoms with E-state index in [0.717, 1.165) is 10.1 Å². The highest BCUT2D eigenvalue weighted by molar-refractivity contribution is 6.41. The molecule has 0 radical (unpaired) electrons. The van der Waals surface area contributed by atoms with Crippen LogP contribution in [0.25, 0.3) is 10.9 Å². The molecule has 0 atom stereocenters. The van der Waals surface area contributed by atoms with Gasteiger partial charge in [0.15, 0.2) is 5.82 Å². The first-order chi connectivity index (χ1) is 10.1. The molecular weight excluding hydrogens is 313 g/mol. The molecule has 21 heavy (non-hydrogen) atoms. The molecule has 0 fully saturated rings. The van der Waals surface area contributed by atoms with Crippen LogP contribution in [0.2, 0.25) is 10.0 Å². The topological polar surface area (TPSA) is 86.7 Å². The molecule has 0 unspecified atom stereocenters. The minimum Gasteiger partial charge on any atom is -0.383 e. The van der Waals surface area contributed by atoms with Gasteiger partial charge in [0, 0.05) is 5.39 Å². The summed E-state index contributed by atoms with van der Waals surface area (Å²) in [6.45, 7) is 0.0603. The van der Waals surface area contributed by atoms with Crippen LogP contribution in [0, 0.1) is 0 Å². The average molecular weight is 322 g/mol. The Morgan fingerprint density at radius 2 is 1.95 bits per heavy atom. The number of hydrogen-bond acceptors (Lipinski definition) is 5. The summed E-state index contributed by atoms with van der Waals surface area (Å²) in [5.74, 6) is 0.725. The van der Waals surface area contributed by atoms with Crippen LogP contribution in [0.3, 0.4) is 0 Å². The highest BCUT2D eigenvalue weighted by Crippen LogP contribution is 2.18. The van der Waals surface area contributed by atoms with Gasteiger partial charge in [-0.25, -0.2) is 14.6 Å². The molecule has 0 aliphatic carbocycles. The molecule has 8 heteroatoms. The zero-order valence-corrected chi connectivity index (χ0v) is 12.1. The number of aromatic nitrogens is 4. The lowest BCUT2D eigenvalue weighted by Gasteiger charge is -2.07. The fraction of sp³-hybridized carbons (Fsp3) is 0.0769. The average Bonchev–Trinajstić information content (AvgIpc) is 2.48. The Hall–Kier alpha value is -2.18. The Morgan fingerprint density at radius 3 is 2.76 bits per heavy atom. The van der Waals surface area contributed by atoms with Gasteiger partial charge in [-0.3, -0.25) is 4.79 Å². The van der Waals surface area contributed by atoms with Crippen LogP contribution in [-0.2, 0) is 6.54 Å². The summed E-state index contributed by atoms with van der Waals surface area (Å²) in [4.78, 5) is 20.5. The number of para-hydroxylation sites is 1. The predicted octanol–water partition coefficient (Wildman–Crippen LogP) is 2.12. The van der Waals surface area contributed by atoms with Crippen molar-refractivity contribution in [2.24, 2.45) is 0 Å². The van der Waals surface area contributed by atoms with Gasteiger partial charge < -0.3 is 5.73 Å². The molecule has 0 bridgehead atoms. The van der Waals surface area contributed by atoms with Crippen molar-refractivity contribution in [3.63, 3.8) is 0 Å². The van der Waals surface area contributed by atoms with Crippen molar-refractivity contribution < 1.29 is 0 Å². The lowest BCUT2D eigenvalue weighted by atomic mass is 10.2. The molecule has 0 saturated carbocycles. The van der Waals surface area contributed by atoms with Gasteiger partial charge in [-0.15, -0.1) is 0 Å². The Labute approximate surface area is 129 Å². The number of nitrogens with two attached hydrogens (primary N) is 1. The number of hydrogen-bond donors (Lipinski definition) is 1. The molecule has 0 amide bonds. The molecule has 3 rings (SSSR count). The molecular formula is C13H9Cl2N5O. The summed E-state index contributed by atoms with van der Waals surface area (Å²) in [5.41, 5.74) is 6.10. The molecule has 106 valence electrons. The Bertz CT molecular complexity index is 893. The summed E-state index contributed by atoms with van der Waals surface area (Å²) in [7, 11) is 0. The molecule has 1 aromatic carbocycles. The van der Waals surface area contributed by atoms with Gasteiger partial charge in [-0.1, -0.05) is 35.3 Å². The van der Waals surface area contributed by atoms with E-state index in [1.54, 1.807) is 0 Å². The normalized spacial score (nSPS) is 11.0. The molecule has 0 saturated heterocycles. The number of benzene rings is 1. The quantitative estimate of drug-likeness (QED) is 0.781. The second-order valence-electron chi connectivity index (χ2n) is 4.31. The van der Waals surface area contributed by atoms with Gasteiger partial charge in [-0.2, -0.15) is 5.10 Å². The van der Waals surface area contributed by atoms with Crippen LogP contribution in [0.4, 0.5) is 5.82 Å². The molecule has 2 heterocycles. The van der Waals surface area contributed by atoms with E-state index in [1.807, 2.05) is 24.3 Å².